The van der Waals surface area contributed by atoms with E-state index in [-0.39, 0.29) is 23.8 Å². The van der Waals surface area contributed by atoms with Crippen LogP contribution in [0.2, 0.25) is 0 Å². The van der Waals surface area contributed by atoms with Crippen LogP contribution in [0.1, 0.15) is 22.8 Å². The van der Waals surface area contributed by atoms with Gasteiger partial charge in [-0.2, -0.15) is 0 Å². The van der Waals surface area contributed by atoms with Crippen LogP contribution in [0.3, 0.4) is 0 Å². The van der Waals surface area contributed by atoms with E-state index < -0.39 is 5.82 Å². The molecule has 0 spiro atoms. The summed E-state index contributed by atoms with van der Waals surface area (Å²) in [5.74, 6) is -0.828. The second kappa shape index (κ2) is 6.13. The van der Waals surface area contributed by atoms with Crippen LogP contribution in [0, 0.1) is 11.6 Å². The molecule has 0 aliphatic rings. The van der Waals surface area contributed by atoms with Crippen LogP contribution in [-0.2, 0) is 6.61 Å². The molecule has 0 heterocycles. The largest absolute Gasteiger partial charge is 0.488 e. The van der Waals surface area contributed by atoms with E-state index in [0.717, 1.165) is 11.6 Å². The highest BCUT2D eigenvalue weighted by molar-refractivity contribution is 9.10. The predicted molar refractivity (Wildman–Crippen MR) is 74.8 cm³/mol. The SMILES string of the molecule is CC(=O)c1cc(F)ccc1OCc1ccc(F)c(Br)c1. The minimum atomic E-state index is -0.493. The number of ketones is 1. The van der Waals surface area contributed by atoms with Crippen molar-refractivity contribution >= 4 is 21.7 Å². The first-order chi connectivity index (χ1) is 9.47. The number of carbonyl (C=O) groups excluding carboxylic acids is 1. The Morgan fingerprint density at radius 1 is 1.20 bits per heavy atom. The summed E-state index contributed by atoms with van der Waals surface area (Å²) in [7, 11) is 0. The lowest BCUT2D eigenvalue weighted by molar-refractivity contribution is 0.101. The van der Waals surface area contributed by atoms with Gasteiger partial charge in [-0.1, -0.05) is 6.07 Å². The lowest BCUT2D eigenvalue weighted by atomic mass is 10.1. The van der Waals surface area contributed by atoms with Gasteiger partial charge in [0.2, 0.25) is 0 Å². The lowest BCUT2D eigenvalue weighted by Gasteiger charge is -2.10. The van der Waals surface area contributed by atoms with Gasteiger partial charge in [-0.25, -0.2) is 8.78 Å². The summed E-state index contributed by atoms with van der Waals surface area (Å²) in [6.07, 6.45) is 0. The third-order valence-corrected chi connectivity index (χ3v) is 3.31. The molecule has 0 bridgehead atoms. The Kier molecular flexibility index (Phi) is 4.49. The van der Waals surface area contributed by atoms with Crippen molar-refractivity contribution < 1.29 is 18.3 Å². The van der Waals surface area contributed by atoms with Gasteiger partial charge in [-0.05, 0) is 58.7 Å². The minimum Gasteiger partial charge on any atom is -0.488 e. The number of ether oxygens (including phenoxy) is 1. The van der Waals surface area contributed by atoms with Crippen molar-refractivity contribution in [1.82, 2.24) is 0 Å². The molecule has 5 heteroatoms. The van der Waals surface area contributed by atoms with Crippen LogP contribution in [0.15, 0.2) is 40.9 Å². The molecule has 0 atom stereocenters. The number of Topliss-reactive ketones (excluding diaryl/α,β-unsaturated/α-hetero) is 1. The van der Waals surface area contributed by atoms with E-state index in [1.807, 2.05) is 0 Å². The van der Waals surface area contributed by atoms with E-state index in [0.29, 0.717) is 10.2 Å². The first-order valence-corrected chi connectivity index (χ1v) is 6.64. The van der Waals surface area contributed by atoms with E-state index in [1.54, 1.807) is 12.1 Å². The van der Waals surface area contributed by atoms with Gasteiger partial charge in [0.1, 0.15) is 24.0 Å². The van der Waals surface area contributed by atoms with Crippen molar-refractivity contribution in [2.24, 2.45) is 0 Å². The standard InChI is InChI=1S/C15H11BrF2O2/c1-9(19)12-7-11(17)3-5-15(12)20-8-10-2-4-14(18)13(16)6-10/h2-7H,8H2,1H3. The topological polar surface area (TPSA) is 26.3 Å². The summed E-state index contributed by atoms with van der Waals surface area (Å²) in [5.41, 5.74) is 0.920. The fourth-order valence-corrected chi connectivity index (χ4v) is 2.12. The maximum Gasteiger partial charge on any atom is 0.163 e. The Morgan fingerprint density at radius 3 is 2.60 bits per heavy atom. The van der Waals surface area contributed by atoms with Gasteiger partial charge < -0.3 is 4.74 Å². The number of rotatable bonds is 4. The number of carbonyl (C=O) groups is 1. The Bertz CT molecular complexity index is 656. The molecule has 0 radical (unpaired) electrons. The molecule has 2 aromatic carbocycles. The van der Waals surface area contributed by atoms with Gasteiger partial charge in [0.25, 0.3) is 0 Å². The molecule has 2 nitrogen and oxygen atoms in total. The molecule has 0 aliphatic carbocycles. The summed E-state index contributed by atoms with van der Waals surface area (Å²) in [6, 6.07) is 8.26. The first kappa shape index (κ1) is 14.7. The zero-order valence-corrected chi connectivity index (χ0v) is 12.2. The average molecular weight is 341 g/mol. The number of benzene rings is 2. The molecular weight excluding hydrogens is 330 g/mol. The van der Waals surface area contributed by atoms with Gasteiger partial charge in [0, 0.05) is 0 Å². The Hall–Kier alpha value is -1.75. The number of hydrogen-bond acceptors (Lipinski definition) is 2. The van der Waals surface area contributed by atoms with Crippen LogP contribution in [0.5, 0.6) is 5.75 Å². The fraction of sp³-hybridized carbons (Fsp3) is 0.133. The first-order valence-electron chi connectivity index (χ1n) is 5.84. The molecule has 0 aliphatic heterocycles. The normalized spacial score (nSPS) is 10.4. The smallest absolute Gasteiger partial charge is 0.163 e. The van der Waals surface area contributed by atoms with Crippen molar-refractivity contribution in [3.05, 3.63) is 63.6 Å². The molecule has 0 N–H and O–H groups in total. The van der Waals surface area contributed by atoms with Crippen molar-refractivity contribution in [2.45, 2.75) is 13.5 Å². The van der Waals surface area contributed by atoms with E-state index in [1.165, 1.54) is 25.1 Å². The number of hydrogen-bond donors (Lipinski definition) is 0. The fourth-order valence-electron chi connectivity index (χ4n) is 1.69. The van der Waals surface area contributed by atoms with Gasteiger partial charge in [0.05, 0.1) is 10.0 Å². The molecule has 0 fully saturated rings. The molecule has 2 aromatic rings. The Balaban J connectivity index is 2.18. The molecule has 0 saturated carbocycles. The van der Waals surface area contributed by atoms with Crippen molar-refractivity contribution in [3.8, 4) is 5.75 Å². The molecular formula is C15H11BrF2O2. The average Bonchev–Trinajstić information content (AvgIpc) is 2.41. The molecule has 104 valence electrons. The molecule has 0 unspecified atom stereocenters. The Labute approximate surface area is 123 Å². The van der Waals surface area contributed by atoms with Crippen molar-refractivity contribution in [2.75, 3.05) is 0 Å². The van der Waals surface area contributed by atoms with Crippen LogP contribution in [0.4, 0.5) is 8.78 Å². The third kappa shape index (κ3) is 3.42. The quantitative estimate of drug-likeness (QED) is 0.765. The zero-order chi connectivity index (χ0) is 14.7. The van der Waals surface area contributed by atoms with Crippen LogP contribution in [-0.4, -0.2) is 5.78 Å². The molecule has 20 heavy (non-hydrogen) atoms. The summed E-state index contributed by atoms with van der Waals surface area (Å²) < 4.78 is 32.1. The highest BCUT2D eigenvalue weighted by atomic mass is 79.9. The molecule has 0 saturated heterocycles. The molecule has 0 aromatic heterocycles. The monoisotopic (exact) mass is 340 g/mol. The highest BCUT2D eigenvalue weighted by Crippen LogP contribution is 2.23. The van der Waals surface area contributed by atoms with Gasteiger partial charge in [-0.3, -0.25) is 4.79 Å². The van der Waals surface area contributed by atoms with Crippen LogP contribution < -0.4 is 4.74 Å². The second-order valence-corrected chi connectivity index (χ2v) is 5.09. The van der Waals surface area contributed by atoms with Gasteiger partial charge in [-0.15, -0.1) is 0 Å². The maximum atomic E-state index is 13.1. The summed E-state index contributed by atoms with van der Waals surface area (Å²) in [5, 5.41) is 0. The molecule has 2 rings (SSSR count). The minimum absolute atomic E-state index is 0.158. The van der Waals surface area contributed by atoms with E-state index in [2.05, 4.69) is 15.9 Å². The maximum absolute atomic E-state index is 13.1. The van der Waals surface area contributed by atoms with E-state index in [9.17, 15) is 13.6 Å². The summed E-state index contributed by atoms with van der Waals surface area (Å²) in [6.45, 7) is 1.50. The van der Waals surface area contributed by atoms with Crippen LogP contribution in [0.25, 0.3) is 0 Å². The van der Waals surface area contributed by atoms with E-state index in [4.69, 9.17) is 4.74 Å². The summed E-state index contributed by atoms with van der Waals surface area (Å²) >= 11 is 3.09. The van der Waals surface area contributed by atoms with Crippen LogP contribution >= 0.6 is 15.9 Å². The zero-order valence-electron chi connectivity index (χ0n) is 10.6. The van der Waals surface area contributed by atoms with Crippen molar-refractivity contribution in [1.29, 1.82) is 0 Å². The van der Waals surface area contributed by atoms with Gasteiger partial charge in [0.15, 0.2) is 5.78 Å². The molecule has 0 amide bonds. The predicted octanol–water partition coefficient (Wildman–Crippen LogP) is 4.51. The second-order valence-electron chi connectivity index (χ2n) is 4.23. The Morgan fingerprint density at radius 2 is 1.95 bits per heavy atom. The third-order valence-electron chi connectivity index (χ3n) is 2.70. The van der Waals surface area contributed by atoms with Gasteiger partial charge >= 0.3 is 0 Å². The van der Waals surface area contributed by atoms with E-state index >= 15 is 0 Å². The van der Waals surface area contributed by atoms with Crippen molar-refractivity contribution in [3.63, 3.8) is 0 Å². The highest BCUT2D eigenvalue weighted by Gasteiger charge is 2.10. The summed E-state index contributed by atoms with van der Waals surface area (Å²) in [4.78, 5) is 11.4. The lowest BCUT2D eigenvalue weighted by Crippen LogP contribution is -2.02. The number of halogens is 3.